The van der Waals surface area contributed by atoms with E-state index in [0.29, 0.717) is 47.9 Å². The fourth-order valence-electron chi connectivity index (χ4n) is 3.89. The van der Waals surface area contributed by atoms with Crippen molar-refractivity contribution >= 4 is 45.9 Å². The number of benzene rings is 2. The molecule has 1 N–H and O–H groups in total. The molecule has 170 valence electrons. The number of piperidine rings is 1. The molecule has 1 amide bonds. The maximum Gasteiger partial charge on any atom is 0.418 e. The van der Waals surface area contributed by atoms with Crippen LogP contribution in [0, 0.1) is 0 Å². The van der Waals surface area contributed by atoms with Gasteiger partial charge >= 0.3 is 6.18 Å². The van der Waals surface area contributed by atoms with Gasteiger partial charge in [-0.25, -0.2) is 4.98 Å². The first-order chi connectivity index (χ1) is 15.1. The third kappa shape index (κ3) is 4.87. The topological polar surface area (TPSA) is 58.4 Å². The Kier molecular flexibility index (Phi) is 6.38. The number of aromatic nitrogens is 1. The monoisotopic (exact) mass is 485 g/mol. The summed E-state index contributed by atoms with van der Waals surface area (Å²) < 4.78 is 45.7. The number of nitrogens with one attached hydrogen (secondary N) is 1. The summed E-state index contributed by atoms with van der Waals surface area (Å²) in [6.07, 6.45) is -3.20. The van der Waals surface area contributed by atoms with Crippen molar-refractivity contribution in [1.82, 2.24) is 9.88 Å². The Morgan fingerprint density at radius 2 is 1.81 bits per heavy atom. The molecule has 0 aliphatic carbocycles. The second-order valence-electron chi connectivity index (χ2n) is 7.83. The SMILES string of the molecule is CC(C(=O)Nc1ccc(Cl)cc1C(F)(F)F)N1CCC(c2nc3cc(Cl)ccc3o2)CC1. The molecule has 1 aliphatic heterocycles. The minimum Gasteiger partial charge on any atom is -0.440 e. The number of likely N-dealkylation sites (tertiary alicyclic amines) is 1. The lowest BCUT2D eigenvalue weighted by atomic mass is 9.95. The number of fused-ring (bicyclic) bond motifs is 1. The van der Waals surface area contributed by atoms with Gasteiger partial charge in [-0.2, -0.15) is 13.2 Å². The van der Waals surface area contributed by atoms with Gasteiger partial charge in [0.25, 0.3) is 0 Å². The number of oxazole rings is 1. The van der Waals surface area contributed by atoms with E-state index in [4.69, 9.17) is 27.6 Å². The summed E-state index contributed by atoms with van der Waals surface area (Å²) in [5, 5.41) is 2.94. The lowest BCUT2D eigenvalue weighted by Gasteiger charge is -2.34. The highest BCUT2D eigenvalue weighted by Gasteiger charge is 2.35. The highest BCUT2D eigenvalue weighted by atomic mass is 35.5. The van der Waals surface area contributed by atoms with E-state index in [0.717, 1.165) is 6.07 Å². The average Bonchev–Trinajstić information content (AvgIpc) is 3.17. The first-order valence-electron chi connectivity index (χ1n) is 10.1. The van der Waals surface area contributed by atoms with Gasteiger partial charge in [0.15, 0.2) is 11.5 Å². The van der Waals surface area contributed by atoms with Gasteiger partial charge in [-0.1, -0.05) is 23.2 Å². The van der Waals surface area contributed by atoms with E-state index in [1.54, 1.807) is 25.1 Å². The summed E-state index contributed by atoms with van der Waals surface area (Å²) >= 11 is 11.7. The van der Waals surface area contributed by atoms with Gasteiger partial charge in [-0.3, -0.25) is 9.69 Å². The van der Waals surface area contributed by atoms with Crippen molar-refractivity contribution in [2.45, 2.75) is 37.9 Å². The van der Waals surface area contributed by atoms with Crippen LogP contribution in [0.1, 0.15) is 37.1 Å². The highest BCUT2D eigenvalue weighted by molar-refractivity contribution is 6.31. The standard InChI is InChI=1S/C22H20Cl2F3N3O2/c1-12(20(31)28-17-4-2-14(23)10-16(17)22(25,26)27)30-8-6-13(7-9-30)21-29-18-11-15(24)3-5-19(18)32-21/h2-5,10-13H,6-9H2,1H3,(H,28,31). The predicted octanol–water partition coefficient (Wildman–Crippen LogP) is 6.36. The molecule has 0 spiro atoms. The number of nitrogens with zero attached hydrogens (tertiary/aromatic N) is 2. The van der Waals surface area contributed by atoms with Crippen molar-refractivity contribution in [1.29, 1.82) is 0 Å². The van der Waals surface area contributed by atoms with Gasteiger partial charge in [0.1, 0.15) is 5.52 Å². The van der Waals surface area contributed by atoms with E-state index in [2.05, 4.69) is 10.3 Å². The molecule has 1 saturated heterocycles. The smallest absolute Gasteiger partial charge is 0.418 e. The van der Waals surface area contributed by atoms with Gasteiger partial charge in [-0.05, 0) is 69.3 Å². The van der Waals surface area contributed by atoms with Crippen molar-refractivity contribution in [2.75, 3.05) is 18.4 Å². The predicted molar refractivity (Wildman–Crippen MR) is 117 cm³/mol. The van der Waals surface area contributed by atoms with Crippen LogP contribution in [0.3, 0.4) is 0 Å². The van der Waals surface area contributed by atoms with Crippen LogP contribution in [-0.2, 0) is 11.0 Å². The van der Waals surface area contributed by atoms with Crippen molar-refractivity contribution in [2.24, 2.45) is 0 Å². The fraction of sp³-hybridized carbons (Fsp3) is 0.364. The number of halogens is 5. The van der Waals surface area contributed by atoms with Gasteiger partial charge in [0.05, 0.1) is 17.3 Å². The molecular formula is C22H20Cl2F3N3O2. The summed E-state index contributed by atoms with van der Waals surface area (Å²) in [6.45, 7) is 2.86. The largest absolute Gasteiger partial charge is 0.440 e. The first kappa shape index (κ1) is 22.9. The number of hydrogen-bond acceptors (Lipinski definition) is 4. The molecule has 3 aromatic rings. The molecule has 0 saturated carbocycles. The van der Waals surface area contributed by atoms with Crippen molar-refractivity contribution in [3.8, 4) is 0 Å². The van der Waals surface area contributed by atoms with Gasteiger partial charge in [0, 0.05) is 16.0 Å². The molecule has 32 heavy (non-hydrogen) atoms. The van der Waals surface area contributed by atoms with Gasteiger partial charge in [0.2, 0.25) is 5.91 Å². The quantitative estimate of drug-likeness (QED) is 0.466. The van der Waals surface area contributed by atoms with E-state index < -0.39 is 23.7 Å². The molecule has 0 bridgehead atoms. The van der Waals surface area contributed by atoms with Crippen molar-refractivity contribution in [3.05, 3.63) is 57.9 Å². The van der Waals surface area contributed by atoms with Crippen LogP contribution in [0.4, 0.5) is 18.9 Å². The zero-order valence-corrected chi connectivity index (χ0v) is 18.6. The lowest BCUT2D eigenvalue weighted by Crippen LogP contribution is -2.46. The molecular weight excluding hydrogens is 466 g/mol. The number of hydrogen-bond donors (Lipinski definition) is 1. The Balaban J connectivity index is 1.40. The van der Waals surface area contributed by atoms with Crippen molar-refractivity contribution < 1.29 is 22.4 Å². The molecule has 5 nitrogen and oxygen atoms in total. The van der Waals surface area contributed by atoms with Crippen LogP contribution in [0.25, 0.3) is 11.1 Å². The molecule has 2 aromatic carbocycles. The second kappa shape index (κ2) is 8.92. The summed E-state index contributed by atoms with van der Waals surface area (Å²) in [7, 11) is 0. The number of carbonyl (C=O) groups is 1. The minimum absolute atomic E-state index is 0.0492. The summed E-state index contributed by atoms with van der Waals surface area (Å²) in [4.78, 5) is 19.2. The average molecular weight is 486 g/mol. The zero-order valence-electron chi connectivity index (χ0n) is 17.0. The van der Waals surface area contributed by atoms with Crippen LogP contribution < -0.4 is 5.32 Å². The van der Waals surface area contributed by atoms with E-state index in [1.807, 2.05) is 4.90 Å². The zero-order chi connectivity index (χ0) is 23.0. The summed E-state index contributed by atoms with van der Waals surface area (Å²) in [5.74, 6) is 0.226. The fourth-order valence-corrected chi connectivity index (χ4v) is 4.23. The Morgan fingerprint density at radius 3 is 2.50 bits per heavy atom. The minimum atomic E-state index is -4.63. The molecule has 4 rings (SSSR count). The van der Waals surface area contributed by atoms with E-state index in [-0.39, 0.29) is 16.6 Å². The van der Waals surface area contributed by atoms with Crippen LogP contribution in [0.2, 0.25) is 10.0 Å². The van der Waals surface area contributed by atoms with Gasteiger partial charge < -0.3 is 9.73 Å². The maximum absolute atomic E-state index is 13.3. The number of amides is 1. The molecule has 1 atom stereocenters. The van der Waals surface area contributed by atoms with E-state index >= 15 is 0 Å². The highest BCUT2D eigenvalue weighted by Crippen LogP contribution is 2.37. The van der Waals surface area contributed by atoms with Gasteiger partial charge in [-0.15, -0.1) is 0 Å². The number of rotatable bonds is 4. The Hall–Kier alpha value is -2.29. The molecule has 1 unspecified atom stereocenters. The summed E-state index contributed by atoms with van der Waals surface area (Å²) in [6, 6.07) is 7.96. The third-order valence-electron chi connectivity index (χ3n) is 5.72. The van der Waals surface area contributed by atoms with Crippen LogP contribution in [-0.4, -0.2) is 34.9 Å². The second-order valence-corrected chi connectivity index (χ2v) is 8.70. The van der Waals surface area contributed by atoms with E-state index in [9.17, 15) is 18.0 Å². The first-order valence-corrected chi connectivity index (χ1v) is 10.8. The third-order valence-corrected chi connectivity index (χ3v) is 6.19. The maximum atomic E-state index is 13.3. The number of alkyl halides is 3. The Bertz CT molecular complexity index is 1140. The van der Waals surface area contributed by atoms with Crippen molar-refractivity contribution in [3.63, 3.8) is 0 Å². The molecule has 1 fully saturated rings. The summed E-state index contributed by atoms with van der Waals surface area (Å²) in [5.41, 5.74) is 0.0909. The number of carbonyl (C=O) groups excluding carboxylic acids is 1. The normalized spacial score (nSPS) is 16.9. The molecule has 1 aliphatic rings. The van der Waals surface area contributed by atoms with Crippen LogP contribution in [0.5, 0.6) is 0 Å². The Labute approximate surface area is 192 Å². The van der Waals surface area contributed by atoms with Crippen LogP contribution in [0.15, 0.2) is 40.8 Å². The Morgan fingerprint density at radius 1 is 1.16 bits per heavy atom. The molecule has 10 heteroatoms. The van der Waals surface area contributed by atoms with Crippen LogP contribution >= 0.6 is 23.2 Å². The molecule has 2 heterocycles. The molecule has 1 aromatic heterocycles. The van der Waals surface area contributed by atoms with E-state index in [1.165, 1.54) is 12.1 Å². The molecule has 0 radical (unpaired) electrons. The lowest BCUT2D eigenvalue weighted by molar-refractivity contribution is -0.137. The number of anilines is 1.